The van der Waals surface area contributed by atoms with Gasteiger partial charge in [0.05, 0.1) is 22.1 Å². The Balaban J connectivity index is 0.925. The molecule has 0 amide bonds. The standard InChI is InChI=1S/C51H34N4OS/c1-3-12-31(13-4-1)49-52-50(32-14-5-2-6-15-32)54-51(53-49)35-23-25-38-40-28-33(24-27-46(40)57-47(38)30-35)34-22-26-39-45(29-34)56-44-21-11-20-43(48(39)44)55-41-18-9-7-16-36(41)37-17-8-10-19-42(37)55/h1-30,49,51,53H,(H,52,54). The molecule has 3 aromatic heterocycles. The molecule has 6 heteroatoms. The lowest BCUT2D eigenvalue weighted by molar-refractivity contribution is 0.409. The van der Waals surface area contributed by atoms with E-state index in [1.807, 2.05) is 17.4 Å². The first-order valence-corrected chi connectivity index (χ1v) is 20.2. The van der Waals surface area contributed by atoms with Crippen molar-refractivity contribution in [2.75, 3.05) is 0 Å². The molecule has 1 aliphatic heterocycles. The molecule has 57 heavy (non-hydrogen) atoms. The number of nitrogens with zero attached hydrogens (tertiary/aromatic N) is 2. The van der Waals surface area contributed by atoms with Crippen molar-refractivity contribution in [3.05, 3.63) is 199 Å². The minimum Gasteiger partial charge on any atom is -0.456 e. The fourth-order valence-corrected chi connectivity index (χ4v) is 9.92. The van der Waals surface area contributed by atoms with E-state index in [1.165, 1.54) is 53.1 Å². The van der Waals surface area contributed by atoms with Crippen molar-refractivity contribution in [2.45, 2.75) is 12.3 Å². The highest BCUT2D eigenvalue weighted by atomic mass is 32.1. The maximum atomic E-state index is 6.63. The van der Waals surface area contributed by atoms with E-state index in [1.54, 1.807) is 0 Å². The normalized spacial score (nSPS) is 15.9. The van der Waals surface area contributed by atoms with E-state index in [0.29, 0.717) is 0 Å². The minimum atomic E-state index is -0.206. The van der Waals surface area contributed by atoms with E-state index in [9.17, 15) is 0 Å². The monoisotopic (exact) mass is 750 g/mol. The maximum absolute atomic E-state index is 6.63. The van der Waals surface area contributed by atoms with E-state index in [-0.39, 0.29) is 12.3 Å². The summed E-state index contributed by atoms with van der Waals surface area (Å²) in [7, 11) is 0. The Bertz CT molecular complexity index is 3320. The third kappa shape index (κ3) is 5.22. The number of furan rings is 1. The summed E-state index contributed by atoms with van der Waals surface area (Å²) in [6, 6.07) is 64.9. The molecule has 0 spiro atoms. The number of thiophene rings is 1. The van der Waals surface area contributed by atoms with Crippen molar-refractivity contribution < 1.29 is 4.42 Å². The van der Waals surface area contributed by atoms with Crippen molar-refractivity contribution in [3.63, 3.8) is 0 Å². The molecule has 2 N–H and O–H groups in total. The summed E-state index contributed by atoms with van der Waals surface area (Å²) >= 11 is 1.83. The molecule has 0 saturated heterocycles. The molecule has 0 bridgehead atoms. The molecule has 5 nitrogen and oxygen atoms in total. The molecular weight excluding hydrogens is 717 g/mol. The number of fused-ring (bicyclic) bond motifs is 9. The van der Waals surface area contributed by atoms with Gasteiger partial charge in [-0.2, -0.15) is 0 Å². The summed E-state index contributed by atoms with van der Waals surface area (Å²) in [5, 5.41) is 14.6. The van der Waals surface area contributed by atoms with Crippen molar-refractivity contribution in [3.8, 4) is 16.8 Å². The third-order valence-corrected chi connectivity index (χ3v) is 12.6. The van der Waals surface area contributed by atoms with Crippen molar-refractivity contribution in [1.82, 2.24) is 15.2 Å². The van der Waals surface area contributed by atoms with Crippen LogP contribution in [0.15, 0.2) is 191 Å². The molecular formula is C51H34N4OS. The van der Waals surface area contributed by atoms with Gasteiger partial charge in [-0.25, -0.2) is 4.99 Å². The Morgan fingerprint density at radius 1 is 0.491 bits per heavy atom. The number of hydrogen-bond acceptors (Lipinski definition) is 5. The van der Waals surface area contributed by atoms with Crippen LogP contribution in [0.5, 0.6) is 0 Å². The van der Waals surface area contributed by atoms with E-state index < -0.39 is 0 Å². The van der Waals surface area contributed by atoms with Crippen LogP contribution in [-0.2, 0) is 0 Å². The lowest BCUT2D eigenvalue weighted by Gasteiger charge is -2.32. The second kappa shape index (κ2) is 12.8. The van der Waals surface area contributed by atoms with Gasteiger partial charge in [0, 0.05) is 41.9 Å². The highest BCUT2D eigenvalue weighted by molar-refractivity contribution is 7.25. The van der Waals surface area contributed by atoms with Gasteiger partial charge in [0.2, 0.25) is 0 Å². The Labute approximate surface area is 332 Å². The zero-order valence-corrected chi connectivity index (χ0v) is 31.5. The summed E-state index contributed by atoms with van der Waals surface area (Å²) in [5.74, 6) is 0.888. The summed E-state index contributed by atoms with van der Waals surface area (Å²) in [6.07, 6.45) is -0.281. The SMILES string of the molecule is c1ccc(C2=NC(c3ccc4c(c3)sc3ccc(-c5ccc6c(c5)oc5cccc(-n7c8ccccc8c8ccccc87)c56)cc34)NC(c3ccccc3)N2)cc1. The fourth-order valence-electron chi connectivity index (χ4n) is 8.79. The molecule has 0 aliphatic carbocycles. The van der Waals surface area contributed by atoms with Crippen LogP contribution in [0.25, 0.3) is 80.7 Å². The molecule has 12 rings (SSSR count). The molecule has 11 aromatic rings. The molecule has 4 heterocycles. The van der Waals surface area contributed by atoms with Crippen molar-refractivity contribution in [2.24, 2.45) is 4.99 Å². The van der Waals surface area contributed by atoms with Gasteiger partial charge in [-0.15, -0.1) is 11.3 Å². The highest BCUT2D eigenvalue weighted by Crippen LogP contribution is 2.42. The third-order valence-electron chi connectivity index (χ3n) is 11.5. The largest absolute Gasteiger partial charge is 0.456 e. The second-order valence-corrected chi connectivity index (χ2v) is 15.9. The molecule has 2 atom stereocenters. The van der Waals surface area contributed by atoms with Crippen LogP contribution < -0.4 is 10.6 Å². The van der Waals surface area contributed by atoms with E-state index in [2.05, 4.69) is 191 Å². The predicted molar refractivity (Wildman–Crippen MR) is 238 cm³/mol. The van der Waals surface area contributed by atoms with Gasteiger partial charge >= 0.3 is 0 Å². The molecule has 0 radical (unpaired) electrons. The molecule has 2 unspecified atom stereocenters. The molecule has 0 fully saturated rings. The Morgan fingerprint density at radius 3 is 2.00 bits per heavy atom. The zero-order chi connectivity index (χ0) is 37.5. The first-order valence-electron chi connectivity index (χ1n) is 19.3. The lowest BCUT2D eigenvalue weighted by atomic mass is 10.0. The van der Waals surface area contributed by atoms with Crippen LogP contribution in [0.3, 0.4) is 0 Å². The Hall–Kier alpha value is -6.99. The average molecular weight is 751 g/mol. The Kier molecular flexibility index (Phi) is 7.24. The van der Waals surface area contributed by atoms with Crippen LogP contribution >= 0.6 is 11.3 Å². The number of aliphatic imine (C=N–C) groups is 1. The minimum absolute atomic E-state index is 0.0751. The number of amidine groups is 1. The topological polar surface area (TPSA) is 54.5 Å². The quantitative estimate of drug-likeness (QED) is 0.184. The Morgan fingerprint density at radius 2 is 1.19 bits per heavy atom. The summed E-state index contributed by atoms with van der Waals surface area (Å²) in [4.78, 5) is 5.19. The summed E-state index contributed by atoms with van der Waals surface area (Å²) < 4.78 is 11.5. The highest BCUT2D eigenvalue weighted by Gasteiger charge is 2.26. The number of hydrogen-bond donors (Lipinski definition) is 2. The van der Waals surface area contributed by atoms with Gasteiger partial charge in [0.25, 0.3) is 0 Å². The molecule has 1 aliphatic rings. The fraction of sp³-hybridized carbons (Fsp3) is 0.0392. The van der Waals surface area contributed by atoms with Crippen LogP contribution in [0, 0.1) is 0 Å². The molecule has 0 saturated carbocycles. The van der Waals surface area contributed by atoms with Gasteiger partial charge < -0.3 is 14.3 Å². The van der Waals surface area contributed by atoms with E-state index in [4.69, 9.17) is 9.41 Å². The number of aromatic nitrogens is 1. The number of para-hydroxylation sites is 2. The van der Waals surface area contributed by atoms with Gasteiger partial charge in [0.15, 0.2) is 0 Å². The van der Waals surface area contributed by atoms with Crippen LogP contribution in [0.1, 0.15) is 29.0 Å². The molecule has 8 aromatic carbocycles. The smallest absolute Gasteiger partial charge is 0.137 e. The summed E-state index contributed by atoms with van der Waals surface area (Å²) in [5.41, 5.74) is 11.0. The first-order chi connectivity index (χ1) is 28.2. The van der Waals surface area contributed by atoms with Crippen LogP contribution in [-0.4, -0.2) is 10.4 Å². The first kappa shape index (κ1) is 32.3. The number of nitrogens with one attached hydrogen (secondary N) is 2. The average Bonchev–Trinajstić information content (AvgIpc) is 3.95. The second-order valence-electron chi connectivity index (χ2n) is 14.8. The summed E-state index contributed by atoms with van der Waals surface area (Å²) in [6.45, 7) is 0. The zero-order valence-electron chi connectivity index (χ0n) is 30.7. The van der Waals surface area contributed by atoms with Gasteiger partial charge in [-0.3, -0.25) is 5.32 Å². The van der Waals surface area contributed by atoms with Gasteiger partial charge in [-0.05, 0) is 76.9 Å². The van der Waals surface area contributed by atoms with E-state index in [0.717, 1.165) is 50.2 Å². The van der Waals surface area contributed by atoms with Crippen molar-refractivity contribution >= 4 is 81.1 Å². The van der Waals surface area contributed by atoms with Crippen LogP contribution in [0.2, 0.25) is 0 Å². The van der Waals surface area contributed by atoms with Gasteiger partial charge in [0.1, 0.15) is 29.3 Å². The molecule has 270 valence electrons. The number of benzene rings is 8. The van der Waals surface area contributed by atoms with Gasteiger partial charge in [-0.1, -0.05) is 127 Å². The number of rotatable bonds is 5. The predicted octanol–water partition coefficient (Wildman–Crippen LogP) is 13.1. The lowest BCUT2D eigenvalue weighted by Crippen LogP contribution is -2.44. The maximum Gasteiger partial charge on any atom is 0.137 e. The van der Waals surface area contributed by atoms with E-state index >= 15 is 0 Å². The van der Waals surface area contributed by atoms with Crippen molar-refractivity contribution in [1.29, 1.82) is 0 Å². The van der Waals surface area contributed by atoms with Crippen LogP contribution in [0.4, 0.5) is 0 Å².